The van der Waals surface area contributed by atoms with Gasteiger partial charge in [-0.3, -0.25) is 9.69 Å². The molecule has 0 aromatic heterocycles. The number of hydrogen-bond donors (Lipinski definition) is 0. The predicted molar refractivity (Wildman–Crippen MR) is 79.0 cm³/mol. The first kappa shape index (κ1) is 15.3. The first-order valence-electron chi connectivity index (χ1n) is 7.85. The van der Waals surface area contributed by atoms with E-state index in [1.54, 1.807) is 6.92 Å². The minimum absolute atomic E-state index is 0.219. The number of nitrogens with zero attached hydrogens (tertiary/aromatic N) is 3. The number of carbonyl (C=O) groups excluding carboxylic acids is 1. The van der Waals surface area contributed by atoms with Gasteiger partial charge in [-0.15, -0.1) is 0 Å². The van der Waals surface area contributed by atoms with Crippen LogP contribution in [0.3, 0.4) is 0 Å². The molecule has 4 nitrogen and oxygen atoms in total. The normalized spacial score (nSPS) is 23.6. The Morgan fingerprint density at radius 1 is 1.40 bits per heavy atom. The Balaban J connectivity index is 1.87. The largest absolute Gasteiger partial charge is 0.338 e. The SMILES string of the molecule is CC(=O)N(C[C@H]1CCCN1CCC(C)(C)C#N)C1CC1. The van der Waals surface area contributed by atoms with Crippen LogP contribution in [0.4, 0.5) is 0 Å². The molecule has 0 N–H and O–H groups in total. The van der Waals surface area contributed by atoms with Gasteiger partial charge in [0, 0.05) is 25.6 Å². The minimum Gasteiger partial charge on any atom is -0.338 e. The van der Waals surface area contributed by atoms with E-state index in [0.717, 1.165) is 26.1 Å². The lowest BCUT2D eigenvalue weighted by atomic mass is 9.91. The predicted octanol–water partition coefficient (Wildman–Crippen LogP) is 2.40. The molecular weight excluding hydrogens is 250 g/mol. The van der Waals surface area contributed by atoms with Gasteiger partial charge in [-0.2, -0.15) is 5.26 Å². The van der Waals surface area contributed by atoms with Gasteiger partial charge in [-0.05, 0) is 59.0 Å². The van der Waals surface area contributed by atoms with E-state index in [4.69, 9.17) is 5.26 Å². The molecule has 20 heavy (non-hydrogen) atoms. The second-order valence-electron chi connectivity index (χ2n) is 6.98. The van der Waals surface area contributed by atoms with Gasteiger partial charge in [0.2, 0.25) is 5.91 Å². The molecule has 4 heteroatoms. The van der Waals surface area contributed by atoms with E-state index in [0.29, 0.717) is 12.1 Å². The zero-order valence-corrected chi connectivity index (χ0v) is 13.1. The molecule has 0 bridgehead atoms. The van der Waals surface area contributed by atoms with E-state index in [2.05, 4.69) is 15.9 Å². The number of rotatable bonds is 6. The van der Waals surface area contributed by atoms with Gasteiger partial charge in [0.25, 0.3) is 0 Å². The van der Waals surface area contributed by atoms with Crippen LogP contribution in [0, 0.1) is 16.7 Å². The number of likely N-dealkylation sites (tertiary alicyclic amines) is 1. The van der Waals surface area contributed by atoms with Crippen molar-refractivity contribution in [3.05, 3.63) is 0 Å². The van der Waals surface area contributed by atoms with Crippen molar-refractivity contribution >= 4 is 5.91 Å². The van der Waals surface area contributed by atoms with Crippen molar-refractivity contribution in [2.24, 2.45) is 5.41 Å². The zero-order valence-electron chi connectivity index (χ0n) is 13.1. The average Bonchev–Trinajstić information content (AvgIpc) is 3.13. The molecule has 1 atom stereocenters. The maximum Gasteiger partial charge on any atom is 0.219 e. The molecular formula is C16H27N3O. The molecule has 1 saturated heterocycles. The Morgan fingerprint density at radius 3 is 2.65 bits per heavy atom. The van der Waals surface area contributed by atoms with E-state index >= 15 is 0 Å². The molecule has 2 rings (SSSR count). The fourth-order valence-corrected chi connectivity index (χ4v) is 3.02. The molecule has 2 aliphatic rings. The fourth-order valence-electron chi connectivity index (χ4n) is 3.02. The van der Waals surface area contributed by atoms with Gasteiger partial charge in [0.05, 0.1) is 11.5 Å². The van der Waals surface area contributed by atoms with Crippen molar-refractivity contribution in [1.82, 2.24) is 9.80 Å². The second kappa shape index (κ2) is 6.13. The van der Waals surface area contributed by atoms with E-state index in [1.165, 1.54) is 25.7 Å². The van der Waals surface area contributed by atoms with Crippen LogP contribution in [0.25, 0.3) is 0 Å². The van der Waals surface area contributed by atoms with Crippen LogP contribution >= 0.6 is 0 Å². The van der Waals surface area contributed by atoms with E-state index in [-0.39, 0.29) is 11.3 Å². The molecule has 1 aliphatic heterocycles. The lowest BCUT2D eigenvalue weighted by Gasteiger charge is -2.31. The lowest BCUT2D eigenvalue weighted by molar-refractivity contribution is -0.130. The highest BCUT2D eigenvalue weighted by Gasteiger charge is 2.35. The fraction of sp³-hybridized carbons (Fsp3) is 0.875. The van der Waals surface area contributed by atoms with Crippen molar-refractivity contribution in [2.75, 3.05) is 19.6 Å². The summed E-state index contributed by atoms with van der Waals surface area (Å²) in [6.07, 6.45) is 5.66. The highest BCUT2D eigenvalue weighted by atomic mass is 16.2. The van der Waals surface area contributed by atoms with Crippen LogP contribution < -0.4 is 0 Å². The molecule has 2 fully saturated rings. The van der Waals surface area contributed by atoms with Gasteiger partial charge in [0.15, 0.2) is 0 Å². The molecule has 1 heterocycles. The number of amides is 1. The van der Waals surface area contributed by atoms with Crippen molar-refractivity contribution < 1.29 is 4.79 Å². The summed E-state index contributed by atoms with van der Waals surface area (Å²) < 4.78 is 0. The standard InChI is InChI=1S/C16H27N3O/c1-13(20)19(14-6-7-14)11-15-5-4-9-18(15)10-8-16(2,3)12-17/h14-15H,4-11H2,1-3H3/t15-/m1/s1. The Hall–Kier alpha value is -1.08. The Morgan fingerprint density at radius 2 is 2.10 bits per heavy atom. The van der Waals surface area contributed by atoms with Crippen LogP contribution in [-0.2, 0) is 4.79 Å². The van der Waals surface area contributed by atoms with Crippen molar-refractivity contribution in [3.63, 3.8) is 0 Å². The van der Waals surface area contributed by atoms with Gasteiger partial charge in [-0.1, -0.05) is 0 Å². The number of nitriles is 1. The van der Waals surface area contributed by atoms with E-state index < -0.39 is 0 Å². The molecule has 112 valence electrons. The molecule has 0 unspecified atom stereocenters. The summed E-state index contributed by atoms with van der Waals surface area (Å²) in [4.78, 5) is 16.3. The van der Waals surface area contributed by atoms with Gasteiger partial charge < -0.3 is 4.90 Å². The first-order valence-corrected chi connectivity index (χ1v) is 7.85. The molecule has 0 radical (unpaired) electrons. The maximum atomic E-state index is 11.7. The Labute approximate surface area is 122 Å². The summed E-state index contributed by atoms with van der Waals surface area (Å²) in [5.41, 5.74) is -0.246. The summed E-state index contributed by atoms with van der Waals surface area (Å²) >= 11 is 0. The third kappa shape index (κ3) is 3.96. The molecule has 1 amide bonds. The summed E-state index contributed by atoms with van der Waals surface area (Å²) in [7, 11) is 0. The molecule has 0 aromatic rings. The zero-order chi connectivity index (χ0) is 14.8. The third-order valence-electron chi connectivity index (χ3n) is 4.63. The van der Waals surface area contributed by atoms with Crippen LogP contribution in [0.2, 0.25) is 0 Å². The smallest absolute Gasteiger partial charge is 0.219 e. The summed E-state index contributed by atoms with van der Waals surface area (Å²) in [5.74, 6) is 0.219. The lowest BCUT2D eigenvalue weighted by Crippen LogP contribution is -2.44. The summed E-state index contributed by atoms with van der Waals surface area (Å²) in [6.45, 7) is 8.67. The second-order valence-corrected chi connectivity index (χ2v) is 6.98. The van der Waals surface area contributed by atoms with Crippen molar-refractivity contribution in [1.29, 1.82) is 5.26 Å². The Kier molecular flexibility index (Phi) is 4.70. The van der Waals surface area contributed by atoms with E-state index in [9.17, 15) is 4.79 Å². The first-order chi connectivity index (χ1) is 9.43. The topological polar surface area (TPSA) is 47.3 Å². The maximum absolute atomic E-state index is 11.7. The van der Waals surface area contributed by atoms with Gasteiger partial charge in [-0.25, -0.2) is 0 Å². The molecule has 0 aromatic carbocycles. The monoisotopic (exact) mass is 277 g/mol. The summed E-state index contributed by atoms with van der Waals surface area (Å²) in [6, 6.07) is 3.38. The minimum atomic E-state index is -0.246. The van der Waals surface area contributed by atoms with E-state index in [1.807, 2.05) is 13.8 Å². The average molecular weight is 277 g/mol. The van der Waals surface area contributed by atoms with Crippen molar-refractivity contribution in [3.8, 4) is 6.07 Å². The Bertz CT molecular complexity index is 395. The van der Waals surface area contributed by atoms with Gasteiger partial charge in [0.1, 0.15) is 0 Å². The quantitative estimate of drug-likeness (QED) is 0.749. The number of hydrogen-bond acceptors (Lipinski definition) is 3. The van der Waals surface area contributed by atoms with Crippen molar-refractivity contribution in [2.45, 2.75) is 65.0 Å². The molecule has 1 saturated carbocycles. The van der Waals surface area contributed by atoms with Crippen LogP contribution in [0.1, 0.15) is 52.9 Å². The molecule has 1 aliphatic carbocycles. The molecule has 0 spiro atoms. The third-order valence-corrected chi connectivity index (χ3v) is 4.63. The summed E-state index contributed by atoms with van der Waals surface area (Å²) in [5, 5.41) is 9.11. The van der Waals surface area contributed by atoms with Crippen LogP contribution in [0.5, 0.6) is 0 Å². The van der Waals surface area contributed by atoms with Crippen LogP contribution in [-0.4, -0.2) is 47.4 Å². The van der Waals surface area contributed by atoms with Crippen LogP contribution in [0.15, 0.2) is 0 Å². The number of carbonyl (C=O) groups is 1. The highest BCUT2D eigenvalue weighted by Crippen LogP contribution is 2.30. The van der Waals surface area contributed by atoms with Gasteiger partial charge >= 0.3 is 0 Å². The highest BCUT2D eigenvalue weighted by molar-refractivity contribution is 5.74.